The summed E-state index contributed by atoms with van der Waals surface area (Å²) >= 11 is 0. The Kier molecular flexibility index (Phi) is 6.17. The predicted octanol–water partition coefficient (Wildman–Crippen LogP) is 3.23. The van der Waals surface area contributed by atoms with E-state index >= 15 is 0 Å². The van der Waals surface area contributed by atoms with Crippen molar-refractivity contribution < 1.29 is 14.0 Å². The molecular formula is C18H26FN3O2. The molecule has 3 amide bonds. The van der Waals surface area contributed by atoms with Crippen LogP contribution >= 0.6 is 0 Å². The Morgan fingerprint density at radius 1 is 1.21 bits per heavy atom. The maximum Gasteiger partial charge on any atom is 0.321 e. The molecule has 0 unspecified atom stereocenters. The van der Waals surface area contributed by atoms with Crippen molar-refractivity contribution in [1.82, 2.24) is 10.2 Å². The summed E-state index contributed by atoms with van der Waals surface area (Å²) in [6.45, 7) is 7.20. The first kappa shape index (κ1) is 18.2. The van der Waals surface area contributed by atoms with E-state index in [2.05, 4.69) is 24.5 Å². The standard InChI is InChI=1S/C18H26FN3O2/c1-12(2)13(3)20-17(23)14-7-9-22(10-8-14)18(24)21-16-6-4-5-15(19)11-16/h4-6,11-14H,7-10H2,1-3H3,(H,20,23)(H,21,24)/t13-/m1/s1. The number of nitrogens with one attached hydrogen (secondary N) is 2. The molecule has 132 valence electrons. The van der Waals surface area contributed by atoms with Crippen molar-refractivity contribution in [1.29, 1.82) is 0 Å². The fourth-order valence-electron chi connectivity index (χ4n) is 2.62. The minimum absolute atomic E-state index is 0.0515. The number of anilines is 1. The molecule has 1 aromatic carbocycles. The number of hydrogen-bond acceptors (Lipinski definition) is 2. The van der Waals surface area contributed by atoms with E-state index in [1.807, 2.05) is 6.92 Å². The highest BCUT2D eigenvalue weighted by molar-refractivity contribution is 5.89. The fraction of sp³-hybridized carbons (Fsp3) is 0.556. The molecule has 1 aliphatic heterocycles. The van der Waals surface area contributed by atoms with E-state index in [0.29, 0.717) is 37.5 Å². The molecular weight excluding hydrogens is 309 g/mol. The number of carbonyl (C=O) groups excluding carboxylic acids is 2. The van der Waals surface area contributed by atoms with Crippen LogP contribution in [0.2, 0.25) is 0 Å². The van der Waals surface area contributed by atoms with Crippen molar-refractivity contribution in [2.45, 2.75) is 39.7 Å². The first-order valence-electron chi connectivity index (χ1n) is 8.48. The van der Waals surface area contributed by atoms with Crippen molar-refractivity contribution in [2.75, 3.05) is 18.4 Å². The number of urea groups is 1. The number of likely N-dealkylation sites (tertiary alicyclic amines) is 1. The van der Waals surface area contributed by atoms with Gasteiger partial charge in [0.15, 0.2) is 0 Å². The minimum atomic E-state index is -0.387. The lowest BCUT2D eigenvalue weighted by atomic mass is 9.95. The smallest absolute Gasteiger partial charge is 0.321 e. The first-order valence-corrected chi connectivity index (χ1v) is 8.48. The fourth-order valence-corrected chi connectivity index (χ4v) is 2.62. The number of hydrogen-bond donors (Lipinski definition) is 2. The number of nitrogens with zero attached hydrogens (tertiary/aromatic N) is 1. The number of rotatable bonds is 4. The molecule has 0 radical (unpaired) electrons. The van der Waals surface area contributed by atoms with Gasteiger partial charge in [-0.15, -0.1) is 0 Å². The third-order valence-corrected chi connectivity index (χ3v) is 4.60. The van der Waals surface area contributed by atoms with Gasteiger partial charge in [0.1, 0.15) is 5.82 Å². The van der Waals surface area contributed by atoms with Gasteiger partial charge in [-0.05, 0) is 43.9 Å². The highest BCUT2D eigenvalue weighted by Crippen LogP contribution is 2.19. The zero-order valence-corrected chi connectivity index (χ0v) is 14.5. The topological polar surface area (TPSA) is 61.4 Å². The average molecular weight is 335 g/mol. The van der Waals surface area contributed by atoms with Crippen LogP contribution < -0.4 is 10.6 Å². The van der Waals surface area contributed by atoms with Crippen molar-refractivity contribution in [3.05, 3.63) is 30.1 Å². The van der Waals surface area contributed by atoms with Crippen molar-refractivity contribution in [2.24, 2.45) is 11.8 Å². The second kappa shape index (κ2) is 8.13. The monoisotopic (exact) mass is 335 g/mol. The van der Waals surface area contributed by atoms with E-state index < -0.39 is 0 Å². The molecule has 0 spiro atoms. The van der Waals surface area contributed by atoms with Crippen molar-refractivity contribution in [3.8, 4) is 0 Å². The Balaban J connectivity index is 1.81. The van der Waals surface area contributed by atoms with E-state index in [1.54, 1.807) is 17.0 Å². The molecule has 24 heavy (non-hydrogen) atoms. The molecule has 1 saturated heterocycles. The van der Waals surface area contributed by atoms with E-state index in [0.717, 1.165) is 0 Å². The third-order valence-electron chi connectivity index (χ3n) is 4.60. The van der Waals surface area contributed by atoms with Crippen molar-refractivity contribution in [3.63, 3.8) is 0 Å². The lowest BCUT2D eigenvalue weighted by Crippen LogP contribution is -2.46. The summed E-state index contributed by atoms with van der Waals surface area (Å²) in [6.07, 6.45) is 1.29. The SMILES string of the molecule is CC(C)[C@@H](C)NC(=O)C1CCN(C(=O)Nc2cccc(F)c2)CC1. The van der Waals surface area contributed by atoms with Gasteiger partial charge in [-0.25, -0.2) is 9.18 Å². The molecule has 0 saturated carbocycles. The molecule has 1 atom stereocenters. The van der Waals surface area contributed by atoms with E-state index in [9.17, 15) is 14.0 Å². The Hall–Kier alpha value is -2.11. The molecule has 1 aliphatic rings. The molecule has 0 aliphatic carbocycles. The summed E-state index contributed by atoms with van der Waals surface area (Å²) in [6, 6.07) is 5.71. The largest absolute Gasteiger partial charge is 0.353 e. The molecule has 1 fully saturated rings. The van der Waals surface area contributed by atoms with Crippen LogP contribution in [0, 0.1) is 17.7 Å². The van der Waals surface area contributed by atoms with Gasteiger partial charge in [-0.3, -0.25) is 4.79 Å². The maximum absolute atomic E-state index is 13.2. The van der Waals surface area contributed by atoms with Crippen LogP contribution in [-0.4, -0.2) is 36.0 Å². The Morgan fingerprint density at radius 2 is 1.88 bits per heavy atom. The number of halogens is 1. The van der Waals surface area contributed by atoms with Gasteiger partial charge in [-0.1, -0.05) is 19.9 Å². The van der Waals surface area contributed by atoms with Gasteiger partial charge in [0.2, 0.25) is 5.91 Å². The Bertz CT molecular complexity index is 583. The van der Waals surface area contributed by atoms with Gasteiger partial charge >= 0.3 is 6.03 Å². The van der Waals surface area contributed by atoms with E-state index in [4.69, 9.17) is 0 Å². The van der Waals surface area contributed by atoms with Gasteiger partial charge < -0.3 is 15.5 Å². The average Bonchev–Trinajstić information content (AvgIpc) is 2.54. The maximum atomic E-state index is 13.2. The van der Waals surface area contributed by atoms with Crippen LogP contribution in [0.4, 0.5) is 14.9 Å². The summed E-state index contributed by atoms with van der Waals surface area (Å²) in [4.78, 5) is 26.1. The van der Waals surface area contributed by atoms with Gasteiger partial charge in [0, 0.05) is 30.7 Å². The summed E-state index contributed by atoms with van der Waals surface area (Å²) in [5.41, 5.74) is 0.436. The third kappa shape index (κ3) is 4.94. The summed E-state index contributed by atoms with van der Waals surface area (Å²) in [5, 5.41) is 5.73. The molecule has 1 heterocycles. The molecule has 5 nitrogen and oxygen atoms in total. The van der Waals surface area contributed by atoms with Crippen LogP contribution in [0.3, 0.4) is 0 Å². The number of benzene rings is 1. The second-order valence-electron chi connectivity index (χ2n) is 6.74. The van der Waals surface area contributed by atoms with Crippen LogP contribution in [0.1, 0.15) is 33.6 Å². The Labute approximate surface area is 142 Å². The Morgan fingerprint density at radius 3 is 2.46 bits per heavy atom. The predicted molar refractivity (Wildman–Crippen MR) is 92.2 cm³/mol. The molecule has 0 bridgehead atoms. The molecule has 0 aromatic heterocycles. The molecule has 2 rings (SSSR count). The molecule has 1 aromatic rings. The summed E-state index contributed by atoms with van der Waals surface area (Å²) in [7, 11) is 0. The van der Waals surface area contributed by atoms with Crippen LogP contribution in [0.15, 0.2) is 24.3 Å². The van der Waals surface area contributed by atoms with Crippen LogP contribution in [0.25, 0.3) is 0 Å². The van der Waals surface area contributed by atoms with Gasteiger partial charge in [0.25, 0.3) is 0 Å². The lowest BCUT2D eigenvalue weighted by Gasteiger charge is -2.32. The van der Waals surface area contributed by atoms with E-state index in [1.165, 1.54) is 12.1 Å². The first-order chi connectivity index (χ1) is 11.4. The number of piperidine rings is 1. The normalized spacial score (nSPS) is 16.8. The summed E-state index contributed by atoms with van der Waals surface area (Å²) in [5.74, 6) is 0.0272. The van der Waals surface area contributed by atoms with E-state index in [-0.39, 0.29) is 29.7 Å². The van der Waals surface area contributed by atoms with Crippen molar-refractivity contribution >= 4 is 17.6 Å². The highest BCUT2D eigenvalue weighted by atomic mass is 19.1. The zero-order valence-electron chi connectivity index (χ0n) is 14.5. The van der Waals surface area contributed by atoms with Gasteiger partial charge in [-0.2, -0.15) is 0 Å². The number of amides is 3. The minimum Gasteiger partial charge on any atom is -0.353 e. The molecule has 6 heteroatoms. The number of carbonyl (C=O) groups is 2. The molecule has 2 N–H and O–H groups in total. The zero-order chi connectivity index (χ0) is 17.7. The van der Waals surface area contributed by atoms with Crippen LogP contribution in [-0.2, 0) is 4.79 Å². The highest BCUT2D eigenvalue weighted by Gasteiger charge is 2.28. The second-order valence-corrected chi connectivity index (χ2v) is 6.74. The van der Waals surface area contributed by atoms with Crippen LogP contribution in [0.5, 0.6) is 0 Å². The lowest BCUT2D eigenvalue weighted by molar-refractivity contribution is -0.127. The van der Waals surface area contributed by atoms with Gasteiger partial charge in [0.05, 0.1) is 0 Å². The quantitative estimate of drug-likeness (QED) is 0.887. The summed E-state index contributed by atoms with van der Waals surface area (Å²) < 4.78 is 13.2.